The van der Waals surface area contributed by atoms with Gasteiger partial charge in [-0.2, -0.15) is 0 Å². The summed E-state index contributed by atoms with van der Waals surface area (Å²) in [6, 6.07) is 4.25. The first-order valence-electron chi connectivity index (χ1n) is 6.66. The van der Waals surface area contributed by atoms with Crippen LogP contribution in [0.3, 0.4) is 0 Å². The lowest BCUT2D eigenvalue weighted by atomic mass is 10.2. The van der Waals surface area contributed by atoms with E-state index in [2.05, 4.69) is 39.0 Å². The summed E-state index contributed by atoms with van der Waals surface area (Å²) >= 11 is 7.83. The van der Waals surface area contributed by atoms with Crippen molar-refractivity contribution >= 4 is 34.1 Å². The molecule has 3 aromatic heterocycles. The minimum absolute atomic E-state index is 0.405. The molecule has 0 aliphatic rings. The third-order valence-electron chi connectivity index (χ3n) is 3.44. The van der Waals surface area contributed by atoms with E-state index in [1.807, 2.05) is 13.1 Å². The van der Waals surface area contributed by atoms with Crippen LogP contribution >= 0.6 is 22.9 Å². The molecule has 0 fully saturated rings. The molecule has 0 atom stereocenters. The number of hydrogen-bond donors (Lipinski definition) is 0. The molecule has 104 valence electrons. The van der Waals surface area contributed by atoms with Crippen LogP contribution in [0.15, 0.2) is 23.7 Å². The highest BCUT2D eigenvalue weighted by Crippen LogP contribution is 2.23. The second-order valence-electron chi connectivity index (χ2n) is 4.83. The number of fused-ring (bicyclic) bond motifs is 1. The molecule has 0 bridgehead atoms. The number of rotatable bonds is 4. The van der Waals surface area contributed by atoms with Gasteiger partial charge in [0.25, 0.3) is 0 Å². The zero-order valence-electron chi connectivity index (χ0n) is 11.6. The number of halogens is 1. The normalized spacial score (nSPS) is 11.3. The average molecular weight is 306 g/mol. The quantitative estimate of drug-likeness (QED) is 0.678. The van der Waals surface area contributed by atoms with E-state index in [-0.39, 0.29) is 0 Å². The van der Waals surface area contributed by atoms with Crippen molar-refractivity contribution in [3.8, 4) is 0 Å². The van der Waals surface area contributed by atoms with Gasteiger partial charge < -0.3 is 4.57 Å². The SMILES string of the molecule is CCc1ccsc1Cn1c(CCl)nc2cc(C)cnc21. The highest BCUT2D eigenvalue weighted by Gasteiger charge is 2.13. The van der Waals surface area contributed by atoms with Gasteiger partial charge in [-0.15, -0.1) is 22.9 Å². The zero-order chi connectivity index (χ0) is 14.1. The monoisotopic (exact) mass is 305 g/mol. The van der Waals surface area contributed by atoms with Crippen LogP contribution in [0.1, 0.15) is 28.8 Å². The standard InChI is InChI=1S/C15H16ClN3S/c1-3-11-4-5-20-13(11)9-19-14(7-16)18-12-6-10(2)8-17-15(12)19/h4-6,8H,3,7,9H2,1-2H3. The largest absolute Gasteiger partial charge is 0.306 e. The molecule has 0 saturated carbocycles. The first kappa shape index (κ1) is 13.6. The van der Waals surface area contributed by atoms with Gasteiger partial charge in [0.15, 0.2) is 5.65 Å². The fraction of sp³-hybridized carbons (Fsp3) is 0.333. The molecule has 3 nitrogen and oxygen atoms in total. The highest BCUT2D eigenvalue weighted by atomic mass is 35.5. The lowest BCUT2D eigenvalue weighted by Gasteiger charge is -2.07. The fourth-order valence-electron chi connectivity index (χ4n) is 2.39. The van der Waals surface area contributed by atoms with Crippen molar-refractivity contribution in [2.75, 3.05) is 0 Å². The summed E-state index contributed by atoms with van der Waals surface area (Å²) in [6.07, 6.45) is 2.93. The number of nitrogens with zero attached hydrogens (tertiary/aromatic N) is 3. The van der Waals surface area contributed by atoms with E-state index >= 15 is 0 Å². The molecule has 0 saturated heterocycles. The van der Waals surface area contributed by atoms with Gasteiger partial charge in [-0.1, -0.05) is 6.92 Å². The summed E-state index contributed by atoms with van der Waals surface area (Å²) in [6.45, 7) is 5.01. The Bertz CT molecular complexity index is 745. The van der Waals surface area contributed by atoms with Crippen molar-refractivity contribution in [3.63, 3.8) is 0 Å². The van der Waals surface area contributed by atoms with Crippen molar-refractivity contribution in [2.45, 2.75) is 32.7 Å². The molecule has 0 amide bonds. The number of pyridine rings is 1. The Kier molecular flexibility index (Phi) is 3.76. The van der Waals surface area contributed by atoms with Crippen LogP contribution in [0.25, 0.3) is 11.2 Å². The van der Waals surface area contributed by atoms with E-state index in [1.54, 1.807) is 11.3 Å². The molecule has 0 aromatic carbocycles. The minimum atomic E-state index is 0.405. The summed E-state index contributed by atoms with van der Waals surface area (Å²) in [5.74, 6) is 1.29. The van der Waals surface area contributed by atoms with Gasteiger partial charge in [0.1, 0.15) is 11.3 Å². The van der Waals surface area contributed by atoms with Gasteiger partial charge in [0, 0.05) is 11.1 Å². The smallest absolute Gasteiger partial charge is 0.160 e. The summed E-state index contributed by atoms with van der Waals surface area (Å²) in [5.41, 5.74) is 4.36. The maximum Gasteiger partial charge on any atom is 0.160 e. The molecule has 0 spiro atoms. The predicted octanol–water partition coefficient (Wildman–Crippen LogP) is 4.15. The van der Waals surface area contributed by atoms with Crippen molar-refractivity contribution in [1.82, 2.24) is 14.5 Å². The molecular formula is C15H16ClN3S. The maximum atomic E-state index is 6.05. The van der Waals surface area contributed by atoms with Crippen LogP contribution in [0.4, 0.5) is 0 Å². The Morgan fingerprint density at radius 1 is 1.40 bits per heavy atom. The van der Waals surface area contributed by atoms with E-state index in [9.17, 15) is 0 Å². The number of alkyl halides is 1. The van der Waals surface area contributed by atoms with Gasteiger partial charge in [0.05, 0.1) is 12.4 Å². The molecular weight excluding hydrogens is 290 g/mol. The first-order chi connectivity index (χ1) is 9.72. The molecule has 0 unspecified atom stereocenters. The molecule has 3 rings (SSSR count). The lowest BCUT2D eigenvalue weighted by molar-refractivity contribution is 0.774. The van der Waals surface area contributed by atoms with Gasteiger partial charge in [-0.25, -0.2) is 9.97 Å². The predicted molar refractivity (Wildman–Crippen MR) is 84.6 cm³/mol. The molecule has 0 radical (unpaired) electrons. The Hall–Kier alpha value is -1.39. The Balaban J connectivity index is 2.10. The van der Waals surface area contributed by atoms with E-state index in [4.69, 9.17) is 11.6 Å². The minimum Gasteiger partial charge on any atom is -0.306 e. The Morgan fingerprint density at radius 3 is 3.00 bits per heavy atom. The van der Waals surface area contributed by atoms with E-state index < -0.39 is 0 Å². The number of aromatic nitrogens is 3. The summed E-state index contributed by atoms with van der Waals surface area (Å²) in [5, 5.41) is 2.14. The van der Waals surface area contributed by atoms with Crippen LogP contribution in [0.2, 0.25) is 0 Å². The molecule has 0 aliphatic carbocycles. The van der Waals surface area contributed by atoms with Gasteiger partial charge in [-0.05, 0) is 42.0 Å². The van der Waals surface area contributed by atoms with Crippen molar-refractivity contribution in [1.29, 1.82) is 0 Å². The summed E-state index contributed by atoms with van der Waals surface area (Å²) in [7, 11) is 0. The van der Waals surface area contributed by atoms with Gasteiger partial charge in [0.2, 0.25) is 0 Å². The van der Waals surface area contributed by atoms with Crippen LogP contribution in [0.5, 0.6) is 0 Å². The van der Waals surface area contributed by atoms with Gasteiger partial charge >= 0.3 is 0 Å². The van der Waals surface area contributed by atoms with Crippen molar-refractivity contribution in [3.05, 3.63) is 45.5 Å². The first-order valence-corrected chi connectivity index (χ1v) is 8.07. The molecule has 3 heterocycles. The fourth-order valence-corrected chi connectivity index (χ4v) is 3.56. The van der Waals surface area contributed by atoms with Crippen LogP contribution in [-0.4, -0.2) is 14.5 Å². The molecule has 0 aliphatic heterocycles. The van der Waals surface area contributed by atoms with Crippen LogP contribution < -0.4 is 0 Å². The summed E-state index contributed by atoms with van der Waals surface area (Å²) < 4.78 is 2.13. The van der Waals surface area contributed by atoms with E-state index in [0.29, 0.717) is 5.88 Å². The Morgan fingerprint density at radius 2 is 2.25 bits per heavy atom. The third-order valence-corrected chi connectivity index (χ3v) is 4.63. The van der Waals surface area contributed by atoms with Crippen LogP contribution in [-0.2, 0) is 18.8 Å². The number of hydrogen-bond acceptors (Lipinski definition) is 3. The number of imidazole rings is 1. The lowest BCUT2D eigenvalue weighted by Crippen LogP contribution is -2.05. The van der Waals surface area contributed by atoms with E-state index in [1.165, 1.54) is 10.4 Å². The average Bonchev–Trinajstić information content (AvgIpc) is 3.03. The second kappa shape index (κ2) is 5.54. The Labute approximate surface area is 127 Å². The van der Waals surface area contributed by atoms with Crippen molar-refractivity contribution in [2.24, 2.45) is 0 Å². The van der Waals surface area contributed by atoms with Crippen molar-refractivity contribution < 1.29 is 0 Å². The highest BCUT2D eigenvalue weighted by molar-refractivity contribution is 7.10. The van der Waals surface area contributed by atoms with Gasteiger partial charge in [-0.3, -0.25) is 0 Å². The summed E-state index contributed by atoms with van der Waals surface area (Å²) in [4.78, 5) is 10.5. The second-order valence-corrected chi connectivity index (χ2v) is 6.09. The molecule has 0 N–H and O–H groups in total. The molecule has 20 heavy (non-hydrogen) atoms. The number of thiophene rings is 1. The molecule has 5 heteroatoms. The zero-order valence-corrected chi connectivity index (χ0v) is 13.1. The van der Waals surface area contributed by atoms with E-state index in [0.717, 1.165) is 35.5 Å². The third kappa shape index (κ3) is 2.34. The van der Waals surface area contributed by atoms with Crippen LogP contribution in [0, 0.1) is 6.92 Å². The maximum absolute atomic E-state index is 6.05. The molecule has 3 aromatic rings. The topological polar surface area (TPSA) is 30.7 Å². The number of aryl methyl sites for hydroxylation is 2.